The highest BCUT2D eigenvalue weighted by atomic mass is 16.2. The van der Waals surface area contributed by atoms with Gasteiger partial charge in [-0.2, -0.15) is 0 Å². The van der Waals surface area contributed by atoms with Gasteiger partial charge in [0.25, 0.3) is 5.91 Å². The van der Waals surface area contributed by atoms with Gasteiger partial charge in [-0.1, -0.05) is 72.8 Å². The van der Waals surface area contributed by atoms with Crippen molar-refractivity contribution in [2.24, 2.45) is 0 Å². The fourth-order valence-electron chi connectivity index (χ4n) is 3.60. The summed E-state index contributed by atoms with van der Waals surface area (Å²) in [4.78, 5) is 39.0. The van der Waals surface area contributed by atoms with Crippen LogP contribution < -0.4 is 10.6 Å². The summed E-state index contributed by atoms with van der Waals surface area (Å²) in [6.07, 6.45) is 0.201. The lowest BCUT2D eigenvalue weighted by Crippen LogP contribution is -2.50. The molecule has 0 aliphatic carbocycles. The number of nitrogens with one attached hydrogen (secondary N) is 2. The molecule has 0 spiro atoms. The van der Waals surface area contributed by atoms with Crippen LogP contribution in [0.5, 0.6) is 0 Å². The second kappa shape index (κ2) is 9.26. The van der Waals surface area contributed by atoms with Crippen LogP contribution in [0.3, 0.4) is 0 Å². The van der Waals surface area contributed by atoms with Crippen molar-refractivity contribution >= 4 is 17.8 Å². The average molecular weight is 413 g/mol. The van der Waals surface area contributed by atoms with Crippen LogP contribution in [0.1, 0.15) is 39.5 Å². The summed E-state index contributed by atoms with van der Waals surface area (Å²) < 4.78 is 0. The molecule has 1 aliphatic heterocycles. The maximum absolute atomic E-state index is 12.7. The van der Waals surface area contributed by atoms with Crippen molar-refractivity contribution < 1.29 is 14.4 Å². The normalized spacial score (nSPS) is 16.0. The van der Waals surface area contributed by atoms with Gasteiger partial charge in [-0.15, -0.1) is 0 Å². The van der Waals surface area contributed by atoms with Crippen LogP contribution in [-0.2, 0) is 17.9 Å². The van der Waals surface area contributed by atoms with E-state index in [9.17, 15) is 14.4 Å². The number of hydrogen-bond donors (Lipinski definition) is 2. The summed E-state index contributed by atoms with van der Waals surface area (Å²) >= 11 is 0. The van der Waals surface area contributed by atoms with Crippen molar-refractivity contribution in [3.05, 3.63) is 107 Å². The van der Waals surface area contributed by atoms with Crippen molar-refractivity contribution in [2.75, 3.05) is 0 Å². The Hall–Kier alpha value is -3.93. The van der Waals surface area contributed by atoms with E-state index in [2.05, 4.69) is 10.6 Å². The lowest BCUT2D eigenvalue weighted by molar-refractivity contribution is -0.130. The van der Waals surface area contributed by atoms with Gasteiger partial charge < -0.3 is 10.6 Å². The maximum atomic E-state index is 12.7. The van der Waals surface area contributed by atoms with Gasteiger partial charge in [0.05, 0.1) is 19.0 Å². The van der Waals surface area contributed by atoms with E-state index in [4.69, 9.17) is 0 Å². The third kappa shape index (κ3) is 4.98. The summed E-state index contributed by atoms with van der Waals surface area (Å²) in [7, 11) is 0. The SMILES string of the molecule is O=C(NCc1ccccc1)c1cccc(CN2C(=O)C[C@H](c3ccccc3)NC2=O)c1. The van der Waals surface area contributed by atoms with E-state index in [-0.39, 0.29) is 30.8 Å². The Morgan fingerprint density at radius 3 is 2.29 bits per heavy atom. The second-order valence-electron chi connectivity index (χ2n) is 7.47. The second-order valence-corrected chi connectivity index (χ2v) is 7.47. The number of imide groups is 1. The summed E-state index contributed by atoms with van der Waals surface area (Å²) in [5.74, 6) is -0.444. The molecule has 31 heavy (non-hydrogen) atoms. The van der Waals surface area contributed by atoms with E-state index in [1.807, 2.05) is 60.7 Å². The van der Waals surface area contributed by atoms with Crippen LogP contribution in [0.2, 0.25) is 0 Å². The number of urea groups is 1. The van der Waals surface area contributed by atoms with Crippen molar-refractivity contribution in [1.82, 2.24) is 15.5 Å². The lowest BCUT2D eigenvalue weighted by atomic mass is 10.0. The first-order valence-electron chi connectivity index (χ1n) is 10.2. The third-order valence-corrected chi connectivity index (χ3v) is 5.25. The van der Waals surface area contributed by atoms with Gasteiger partial charge >= 0.3 is 6.03 Å². The third-order valence-electron chi connectivity index (χ3n) is 5.25. The van der Waals surface area contributed by atoms with Gasteiger partial charge in [0, 0.05) is 12.1 Å². The maximum Gasteiger partial charge on any atom is 0.324 e. The Balaban J connectivity index is 1.40. The largest absolute Gasteiger partial charge is 0.348 e. The number of carbonyl (C=O) groups excluding carboxylic acids is 3. The molecule has 156 valence electrons. The highest BCUT2D eigenvalue weighted by Gasteiger charge is 2.32. The smallest absolute Gasteiger partial charge is 0.324 e. The molecule has 0 radical (unpaired) electrons. The van der Waals surface area contributed by atoms with E-state index < -0.39 is 6.03 Å². The van der Waals surface area contributed by atoms with Crippen molar-refractivity contribution in [1.29, 1.82) is 0 Å². The van der Waals surface area contributed by atoms with Crippen molar-refractivity contribution in [3.63, 3.8) is 0 Å². The topological polar surface area (TPSA) is 78.5 Å². The first kappa shape index (κ1) is 20.3. The van der Waals surface area contributed by atoms with E-state index in [0.29, 0.717) is 17.7 Å². The van der Waals surface area contributed by atoms with E-state index >= 15 is 0 Å². The predicted octanol–water partition coefficient (Wildman–Crippen LogP) is 3.80. The Morgan fingerprint density at radius 2 is 1.58 bits per heavy atom. The number of benzene rings is 3. The molecular weight excluding hydrogens is 390 g/mol. The molecule has 2 N–H and O–H groups in total. The summed E-state index contributed by atoms with van der Waals surface area (Å²) in [6, 6.07) is 25.3. The minimum absolute atomic E-state index is 0.117. The van der Waals surface area contributed by atoms with Crippen LogP contribution >= 0.6 is 0 Å². The van der Waals surface area contributed by atoms with Gasteiger partial charge in [0.2, 0.25) is 5.91 Å². The molecule has 4 amide bonds. The van der Waals surface area contributed by atoms with E-state index in [1.165, 1.54) is 4.90 Å². The van der Waals surface area contributed by atoms with Crippen LogP contribution in [0.15, 0.2) is 84.9 Å². The van der Waals surface area contributed by atoms with Gasteiger partial charge in [-0.25, -0.2) is 4.79 Å². The van der Waals surface area contributed by atoms with E-state index in [0.717, 1.165) is 11.1 Å². The van der Waals surface area contributed by atoms with Gasteiger partial charge in [-0.3, -0.25) is 14.5 Å². The first-order valence-corrected chi connectivity index (χ1v) is 10.2. The Morgan fingerprint density at radius 1 is 0.903 bits per heavy atom. The molecule has 0 saturated carbocycles. The molecule has 0 unspecified atom stereocenters. The molecule has 4 rings (SSSR count). The molecule has 6 heteroatoms. The van der Waals surface area contributed by atoms with Gasteiger partial charge in [-0.05, 0) is 28.8 Å². The summed E-state index contributed by atoms with van der Waals surface area (Å²) in [5, 5.41) is 5.78. The standard InChI is InChI=1S/C25H23N3O3/c29-23-15-22(20-11-5-2-6-12-20)27-25(31)28(23)17-19-10-7-13-21(14-19)24(30)26-16-18-8-3-1-4-9-18/h1-14,22H,15-17H2,(H,26,30)(H,27,31)/t22-/m1/s1. The molecular formula is C25H23N3O3. The number of amides is 4. The Kier molecular flexibility index (Phi) is 6.08. The number of nitrogens with zero attached hydrogens (tertiary/aromatic N) is 1. The molecule has 0 aromatic heterocycles. The minimum Gasteiger partial charge on any atom is -0.348 e. The molecule has 1 fully saturated rings. The van der Waals surface area contributed by atoms with Crippen molar-refractivity contribution in [2.45, 2.75) is 25.6 Å². The highest BCUT2D eigenvalue weighted by molar-refractivity contribution is 5.97. The number of carbonyl (C=O) groups is 3. The lowest BCUT2D eigenvalue weighted by Gasteiger charge is -2.31. The monoisotopic (exact) mass is 413 g/mol. The zero-order chi connectivity index (χ0) is 21.6. The zero-order valence-corrected chi connectivity index (χ0v) is 17.0. The van der Waals surface area contributed by atoms with E-state index in [1.54, 1.807) is 24.3 Å². The Bertz CT molecular complexity index is 1070. The fraction of sp³-hybridized carbons (Fsp3) is 0.160. The molecule has 0 bridgehead atoms. The molecule has 1 atom stereocenters. The molecule has 1 saturated heterocycles. The molecule has 1 heterocycles. The molecule has 3 aromatic carbocycles. The zero-order valence-electron chi connectivity index (χ0n) is 17.0. The first-order chi connectivity index (χ1) is 15.1. The van der Waals surface area contributed by atoms with Crippen LogP contribution in [0, 0.1) is 0 Å². The summed E-state index contributed by atoms with van der Waals surface area (Å²) in [5.41, 5.74) is 3.12. The van der Waals surface area contributed by atoms with Crippen LogP contribution in [0.4, 0.5) is 4.79 Å². The fourth-order valence-corrected chi connectivity index (χ4v) is 3.60. The minimum atomic E-state index is -0.427. The molecule has 6 nitrogen and oxygen atoms in total. The van der Waals surface area contributed by atoms with Crippen LogP contribution in [-0.4, -0.2) is 22.7 Å². The average Bonchev–Trinajstić information content (AvgIpc) is 2.81. The molecule has 1 aliphatic rings. The number of rotatable bonds is 6. The van der Waals surface area contributed by atoms with Crippen molar-refractivity contribution in [3.8, 4) is 0 Å². The summed E-state index contributed by atoms with van der Waals surface area (Å²) in [6.45, 7) is 0.545. The van der Waals surface area contributed by atoms with Gasteiger partial charge in [0.1, 0.15) is 0 Å². The predicted molar refractivity (Wildman–Crippen MR) is 117 cm³/mol. The Labute approximate surface area is 180 Å². The highest BCUT2D eigenvalue weighted by Crippen LogP contribution is 2.23. The van der Waals surface area contributed by atoms with Gasteiger partial charge in [0.15, 0.2) is 0 Å². The van der Waals surface area contributed by atoms with Crippen LogP contribution in [0.25, 0.3) is 0 Å². The number of hydrogen-bond acceptors (Lipinski definition) is 3. The quantitative estimate of drug-likeness (QED) is 0.645. The molecule has 3 aromatic rings.